The van der Waals surface area contributed by atoms with Gasteiger partial charge in [-0.2, -0.15) is 11.3 Å². The first-order valence-electron chi connectivity index (χ1n) is 10.9. The van der Waals surface area contributed by atoms with E-state index in [0.717, 1.165) is 5.56 Å². The summed E-state index contributed by atoms with van der Waals surface area (Å²) in [4.78, 5) is 43.9. The molecule has 9 heteroatoms. The lowest BCUT2D eigenvalue weighted by Crippen LogP contribution is -2.56. The first-order valence-corrected chi connectivity index (χ1v) is 11.9. The minimum absolute atomic E-state index is 0.0769. The summed E-state index contributed by atoms with van der Waals surface area (Å²) in [7, 11) is 0. The molecule has 8 nitrogen and oxygen atoms in total. The van der Waals surface area contributed by atoms with Crippen LogP contribution < -0.4 is 5.32 Å². The molecule has 3 rings (SSSR count). The van der Waals surface area contributed by atoms with Gasteiger partial charge in [0.15, 0.2) is 0 Å². The van der Waals surface area contributed by atoms with Crippen LogP contribution in [0.3, 0.4) is 0 Å². The van der Waals surface area contributed by atoms with Crippen molar-refractivity contribution >= 4 is 29.2 Å². The van der Waals surface area contributed by atoms with Crippen LogP contribution in [0.15, 0.2) is 28.1 Å². The number of hydrogen-bond donors (Lipinski definition) is 1. The van der Waals surface area contributed by atoms with Crippen LogP contribution in [0.1, 0.15) is 45.7 Å². The van der Waals surface area contributed by atoms with Gasteiger partial charge >= 0.3 is 12.0 Å². The molecule has 0 spiro atoms. The monoisotopic (exact) mass is 448 g/mol. The highest BCUT2D eigenvalue weighted by Gasteiger charge is 2.39. The summed E-state index contributed by atoms with van der Waals surface area (Å²) in [6.45, 7) is 10.8. The molecule has 2 aliphatic rings. The molecule has 0 aromatic carbocycles. The molecule has 170 valence electrons. The van der Waals surface area contributed by atoms with E-state index in [-0.39, 0.29) is 24.6 Å². The Hall–Kier alpha value is -2.39. The second kappa shape index (κ2) is 10.3. The quantitative estimate of drug-likeness (QED) is 0.649. The molecule has 1 aromatic heterocycles. The zero-order valence-electron chi connectivity index (χ0n) is 18.7. The molecule has 1 aromatic rings. The lowest BCUT2D eigenvalue weighted by Gasteiger charge is -2.42. The van der Waals surface area contributed by atoms with Gasteiger partial charge in [0.2, 0.25) is 5.91 Å². The molecule has 3 amide bonds. The Kier molecular flexibility index (Phi) is 7.72. The van der Waals surface area contributed by atoms with E-state index >= 15 is 0 Å². The minimum Gasteiger partial charge on any atom is -0.463 e. The third-order valence-corrected chi connectivity index (χ3v) is 6.54. The Bertz CT molecular complexity index is 839. The topological polar surface area (TPSA) is 82.2 Å². The van der Waals surface area contributed by atoms with Gasteiger partial charge in [-0.3, -0.25) is 14.6 Å². The molecule has 2 aliphatic heterocycles. The lowest BCUT2D eigenvalue weighted by atomic mass is 9.96. The van der Waals surface area contributed by atoms with Gasteiger partial charge in [0.25, 0.3) is 0 Å². The largest absolute Gasteiger partial charge is 0.463 e. The number of amides is 3. The normalized spacial score (nSPS) is 22.5. The number of thiophene rings is 1. The molecule has 31 heavy (non-hydrogen) atoms. The van der Waals surface area contributed by atoms with Crippen LogP contribution >= 0.6 is 11.3 Å². The predicted octanol–water partition coefficient (Wildman–Crippen LogP) is 2.59. The Morgan fingerprint density at radius 1 is 1.26 bits per heavy atom. The van der Waals surface area contributed by atoms with E-state index < -0.39 is 12.0 Å². The number of esters is 1. The van der Waals surface area contributed by atoms with E-state index in [1.165, 1.54) is 11.3 Å². The van der Waals surface area contributed by atoms with Crippen LogP contribution in [0.5, 0.6) is 0 Å². The number of nitrogens with zero attached hydrogens (tertiary/aromatic N) is 3. The summed E-state index contributed by atoms with van der Waals surface area (Å²) in [6.07, 6.45) is 0.495. The average Bonchev–Trinajstić information content (AvgIpc) is 3.28. The zero-order valence-corrected chi connectivity index (χ0v) is 19.5. The third kappa shape index (κ3) is 4.93. The fourth-order valence-electron chi connectivity index (χ4n) is 4.31. The van der Waals surface area contributed by atoms with Crippen LogP contribution in [-0.2, 0) is 14.3 Å². The first kappa shape index (κ1) is 23.3. The van der Waals surface area contributed by atoms with E-state index in [4.69, 9.17) is 4.74 Å². The minimum atomic E-state index is -0.531. The van der Waals surface area contributed by atoms with Crippen molar-refractivity contribution in [1.82, 2.24) is 20.0 Å². The molecule has 0 saturated carbocycles. The highest BCUT2D eigenvalue weighted by atomic mass is 32.1. The van der Waals surface area contributed by atoms with Crippen molar-refractivity contribution in [2.24, 2.45) is 0 Å². The summed E-state index contributed by atoms with van der Waals surface area (Å²) >= 11 is 1.52. The maximum absolute atomic E-state index is 13.0. The van der Waals surface area contributed by atoms with Gasteiger partial charge in [0, 0.05) is 50.9 Å². The Morgan fingerprint density at radius 2 is 2.03 bits per heavy atom. The number of urea groups is 1. The van der Waals surface area contributed by atoms with E-state index in [1.807, 2.05) is 42.5 Å². The zero-order chi connectivity index (χ0) is 22.5. The van der Waals surface area contributed by atoms with Crippen molar-refractivity contribution in [2.75, 3.05) is 39.3 Å². The highest BCUT2D eigenvalue weighted by Crippen LogP contribution is 2.33. The van der Waals surface area contributed by atoms with Crippen LogP contribution in [0.2, 0.25) is 0 Å². The number of nitrogens with one attached hydrogen (secondary N) is 1. The van der Waals surface area contributed by atoms with E-state index in [1.54, 1.807) is 11.8 Å². The van der Waals surface area contributed by atoms with Crippen LogP contribution in [0.25, 0.3) is 0 Å². The van der Waals surface area contributed by atoms with Gasteiger partial charge in [-0.1, -0.05) is 6.92 Å². The van der Waals surface area contributed by atoms with Gasteiger partial charge in [-0.05, 0) is 43.2 Å². The first-order chi connectivity index (χ1) is 14.9. The van der Waals surface area contributed by atoms with Gasteiger partial charge < -0.3 is 15.0 Å². The Balaban J connectivity index is 1.95. The number of carbonyl (C=O) groups excluding carboxylic acids is 3. The van der Waals surface area contributed by atoms with E-state index in [0.29, 0.717) is 50.4 Å². The number of rotatable bonds is 7. The molecular weight excluding hydrogens is 416 g/mol. The smallest absolute Gasteiger partial charge is 0.338 e. The molecule has 1 N–H and O–H groups in total. The summed E-state index contributed by atoms with van der Waals surface area (Å²) < 4.78 is 5.40. The van der Waals surface area contributed by atoms with E-state index in [9.17, 15) is 14.4 Å². The molecule has 3 heterocycles. The van der Waals surface area contributed by atoms with Crippen molar-refractivity contribution in [1.29, 1.82) is 0 Å². The standard InChI is InChI=1S/C22H32N4O4S/c1-5-18(27)26-10-9-24(12-15(26)4)13-17-19(21(28)30-7-3)20(16-8-11-31-14-16)23-22(29)25(17)6-2/h8,11,14-15,20H,5-7,9-10,12-13H2,1-4H3,(H,23,29). The fraction of sp³-hybridized carbons (Fsp3) is 0.591. The molecular formula is C22H32N4O4S. The van der Waals surface area contributed by atoms with Gasteiger partial charge in [0.1, 0.15) is 0 Å². The van der Waals surface area contributed by atoms with Gasteiger partial charge in [-0.15, -0.1) is 0 Å². The van der Waals surface area contributed by atoms with Gasteiger partial charge in [0.05, 0.1) is 18.2 Å². The Labute approximate surface area is 187 Å². The number of likely N-dealkylation sites (N-methyl/N-ethyl adjacent to an activating group) is 1. The lowest BCUT2D eigenvalue weighted by molar-refractivity contribution is -0.139. The number of ether oxygens (including phenoxy) is 1. The number of piperazine rings is 1. The molecule has 0 bridgehead atoms. The molecule has 2 unspecified atom stereocenters. The molecule has 1 fully saturated rings. The predicted molar refractivity (Wildman–Crippen MR) is 120 cm³/mol. The fourth-order valence-corrected chi connectivity index (χ4v) is 5.00. The maximum Gasteiger partial charge on any atom is 0.338 e. The second-order valence-electron chi connectivity index (χ2n) is 7.79. The molecule has 1 saturated heterocycles. The van der Waals surface area contributed by atoms with Crippen molar-refractivity contribution in [3.05, 3.63) is 33.7 Å². The number of carbonyl (C=O) groups is 3. The number of hydrogen-bond acceptors (Lipinski definition) is 6. The van der Waals surface area contributed by atoms with Gasteiger partial charge in [-0.25, -0.2) is 9.59 Å². The van der Waals surface area contributed by atoms with Crippen molar-refractivity contribution in [3.8, 4) is 0 Å². The maximum atomic E-state index is 13.0. The van der Waals surface area contributed by atoms with Crippen molar-refractivity contribution < 1.29 is 19.1 Å². The van der Waals surface area contributed by atoms with Crippen LogP contribution in [0.4, 0.5) is 4.79 Å². The molecule has 2 atom stereocenters. The van der Waals surface area contributed by atoms with Crippen molar-refractivity contribution in [2.45, 2.75) is 46.2 Å². The summed E-state index contributed by atoms with van der Waals surface area (Å²) in [5, 5.41) is 6.86. The second-order valence-corrected chi connectivity index (χ2v) is 8.57. The molecule has 0 radical (unpaired) electrons. The summed E-state index contributed by atoms with van der Waals surface area (Å²) in [5.41, 5.74) is 2.05. The SMILES string of the molecule is CCOC(=O)C1=C(CN2CCN(C(=O)CC)C(C)C2)N(CC)C(=O)NC1c1ccsc1. The Morgan fingerprint density at radius 3 is 2.61 bits per heavy atom. The average molecular weight is 449 g/mol. The molecule has 0 aliphatic carbocycles. The van der Waals surface area contributed by atoms with Crippen molar-refractivity contribution in [3.63, 3.8) is 0 Å². The summed E-state index contributed by atoms with van der Waals surface area (Å²) in [6, 6.07) is 1.25. The summed E-state index contributed by atoms with van der Waals surface area (Å²) in [5.74, 6) is -0.247. The highest BCUT2D eigenvalue weighted by molar-refractivity contribution is 7.08. The van der Waals surface area contributed by atoms with Crippen LogP contribution in [0, 0.1) is 0 Å². The van der Waals surface area contributed by atoms with E-state index in [2.05, 4.69) is 10.2 Å². The third-order valence-electron chi connectivity index (χ3n) is 5.83. The van der Waals surface area contributed by atoms with Crippen LogP contribution in [-0.4, -0.2) is 78.0 Å².